The number of hydrogen-bond donors (Lipinski definition) is 3. The van der Waals surface area contributed by atoms with Gasteiger partial charge in [-0.05, 0) is 93.8 Å². The highest BCUT2D eigenvalue weighted by Crippen LogP contribution is 2.46. The smallest absolute Gasteiger partial charge is 0.144 e. The molecule has 248 valence electrons. The van der Waals surface area contributed by atoms with Gasteiger partial charge in [-0.1, -0.05) is 57.3 Å². The minimum atomic E-state index is -0.478. The van der Waals surface area contributed by atoms with Crippen LogP contribution in [0.25, 0.3) is 0 Å². The Balaban J connectivity index is 1.48. The molecule has 44 heavy (non-hydrogen) atoms. The van der Waals surface area contributed by atoms with Crippen LogP contribution in [0.4, 0.5) is 0 Å². The fourth-order valence-corrected chi connectivity index (χ4v) is 10.2. The fourth-order valence-electron chi connectivity index (χ4n) is 10.2. The van der Waals surface area contributed by atoms with Gasteiger partial charge in [-0.3, -0.25) is 15.3 Å². The zero-order chi connectivity index (χ0) is 31.1. The molecule has 6 nitrogen and oxygen atoms in total. The first-order valence-corrected chi connectivity index (χ1v) is 18.7. The molecule has 3 saturated carbocycles. The number of rotatable bonds is 7. The molecule has 11 unspecified atom stereocenters. The van der Waals surface area contributed by atoms with Gasteiger partial charge in [0.15, 0.2) is 0 Å². The number of carbonyl (C=O) groups excluding carboxylic acids is 2. The lowest BCUT2D eigenvalue weighted by Crippen LogP contribution is -2.95. The molecule has 1 saturated heterocycles. The Hall–Kier alpha value is -1.26. The normalized spacial score (nSPS) is 41.2. The Morgan fingerprint density at radius 2 is 1.73 bits per heavy atom. The summed E-state index contributed by atoms with van der Waals surface area (Å²) in [5.74, 6) is 11.2. The van der Waals surface area contributed by atoms with Crippen LogP contribution in [0.15, 0.2) is 0 Å². The van der Waals surface area contributed by atoms with E-state index in [1.165, 1.54) is 70.6 Å². The first-order chi connectivity index (χ1) is 21.3. The number of carbonyl (C=O) groups is 2. The maximum Gasteiger partial charge on any atom is 0.144 e. The minimum Gasteiger partial charge on any atom is -0.390 e. The summed E-state index contributed by atoms with van der Waals surface area (Å²) < 4.78 is 5.72. The van der Waals surface area contributed by atoms with Crippen LogP contribution >= 0.6 is 0 Å². The highest BCUT2D eigenvalue weighted by Gasteiger charge is 2.44. The lowest BCUT2D eigenvalue weighted by molar-refractivity contribution is -0.703. The molecule has 6 heteroatoms. The third kappa shape index (κ3) is 8.96. The topological polar surface area (TPSA) is 106 Å². The molecule has 11 atom stereocenters. The van der Waals surface area contributed by atoms with E-state index < -0.39 is 6.10 Å². The van der Waals surface area contributed by atoms with Gasteiger partial charge in [0, 0.05) is 43.6 Å². The first kappa shape index (κ1) is 34.1. The van der Waals surface area contributed by atoms with Crippen molar-refractivity contribution in [2.24, 2.45) is 59.0 Å². The maximum absolute atomic E-state index is 14.0. The van der Waals surface area contributed by atoms with E-state index in [0.717, 1.165) is 38.6 Å². The summed E-state index contributed by atoms with van der Waals surface area (Å²) in [6, 6.07) is 0. The van der Waals surface area contributed by atoms with E-state index in [1.54, 1.807) is 7.11 Å². The van der Waals surface area contributed by atoms with E-state index >= 15 is 0 Å². The number of ketones is 2. The molecule has 0 aromatic rings. The van der Waals surface area contributed by atoms with Crippen LogP contribution in [-0.4, -0.2) is 48.7 Å². The Morgan fingerprint density at radius 3 is 2.45 bits per heavy atom. The van der Waals surface area contributed by atoms with Gasteiger partial charge in [0.05, 0.1) is 25.2 Å². The highest BCUT2D eigenvalue weighted by molar-refractivity contribution is 6.00. The maximum atomic E-state index is 14.0. The van der Waals surface area contributed by atoms with Crippen LogP contribution in [-0.2, 0) is 14.3 Å². The van der Waals surface area contributed by atoms with Crippen molar-refractivity contribution in [3.05, 3.63) is 0 Å². The van der Waals surface area contributed by atoms with Crippen LogP contribution < -0.4 is 11.1 Å². The molecule has 0 aromatic carbocycles. The SMILES string of the molecule is CCCCC1CC(CC2CCC(N)[NH2+]C2)CC2C#CC(C3CCCCC3)C3CC(O)C(OC)CC3CCC(=O)CC(=O)C2C1. The van der Waals surface area contributed by atoms with Crippen molar-refractivity contribution in [3.8, 4) is 11.8 Å². The van der Waals surface area contributed by atoms with E-state index in [9.17, 15) is 14.7 Å². The number of fused-ring (bicyclic) bond motifs is 2. The van der Waals surface area contributed by atoms with Crippen LogP contribution in [0.1, 0.15) is 129 Å². The van der Waals surface area contributed by atoms with Gasteiger partial charge in [-0.15, -0.1) is 0 Å². The van der Waals surface area contributed by atoms with Crippen molar-refractivity contribution < 1.29 is 24.7 Å². The van der Waals surface area contributed by atoms with E-state index in [2.05, 4.69) is 24.1 Å². The molecular formula is C38H63N2O4+. The van der Waals surface area contributed by atoms with Crippen LogP contribution in [0, 0.1) is 65.1 Å². The predicted molar refractivity (Wildman–Crippen MR) is 174 cm³/mol. The van der Waals surface area contributed by atoms with Gasteiger partial charge in [0.25, 0.3) is 0 Å². The van der Waals surface area contributed by atoms with E-state index in [-0.39, 0.29) is 53.9 Å². The molecule has 0 aromatic heterocycles. The second-order valence-corrected chi connectivity index (χ2v) is 15.8. The summed E-state index contributed by atoms with van der Waals surface area (Å²) in [4.78, 5) is 27.4. The number of Topliss-reactive ketones (excluding diaryl/α,β-unsaturated/α-hetero) is 2. The molecule has 1 heterocycles. The number of piperidine rings is 1. The van der Waals surface area contributed by atoms with Crippen LogP contribution in [0.5, 0.6) is 0 Å². The molecule has 5 N–H and O–H groups in total. The van der Waals surface area contributed by atoms with Gasteiger partial charge in [0.1, 0.15) is 17.7 Å². The number of methoxy groups -OCH3 is 1. The average Bonchev–Trinajstić information content (AvgIpc) is 3.19. The largest absolute Gasteiger partial charge is 0.390 e. The summed E-state index contributed by atoms with van der Waals surface area (Å²) >= 11 is 0. The van der Waals surface area contributed by atoms with Crippen LogP contribution in [0.2, 0.25) is 0 Å². The summed E-state index contributed by atoms with van der Waals surface area (Å²) in [6.45, 7) is 3.38. The lowest BCUT2D eigenvalue weighted by Gasteiger charge is -2.44. The van der Waals surface area contributed by atoms with Crippen molar-refractivity contribution in [2.45, 2.75) is 147 Å². The average molecular weight is 612 g/mol. The second-order valence-electron chi connectivity index (χ2n) is 15.8. The number of unbranched alkanes of at least 4 members (excludes halogenated alkanes) is 1. The number of ether oxygens (including phenoxy) is 1. The summed E-state index contributed by atoms with van der Waals surface area (Å²) in [6.07, 6.45) is 18.8. The van der Waals surface area contributed by atoms with Crippen molar-refractivity contribution >= 4 is 11.6 Å². The number of aliphatic hydroxyl groups is 1. The molecule has 1 aliphatic heterocycles. The minimum absolute atomic E-state index is 0.0333. The predicted octanol–water partition coefficient (Wildman–Crippen LogP) is 5.40. The summed E-state index contributed by atoms with van der Waals surface area (Å²) in [7, 11) is 1.70. The zero-order valence-corrected chi connectivity index (χ0v) is 27.9. The fraction of sp³-hybridized carbons (Fsp3) is 0.895. The monoisotopic (exact) mass is 611 g/mol. The molecule has 4 aliphatic carbocycles. The highest BCUT2D eigenvalue weighted by atomic mass is 16.5. The van der Waals surface area contributed by atoms with Gasteiger partial charge < -0.3 is 15.2 Å². The molecule has 0 radical (unpaired) electrons. The Morgan fingerprint density at radius 1 is 0.909 bits per heavy atom. The quantitative estimate of drug-likeness (QED) is 0.264. The summed E-state index contributed by atoms with van der Waals surface area (Å²) in [5, 5.41) is 13.5. The van der Waals surface area contributed by atoms with Gasteiger partial charge in [-0.25, -0.2) is 0 Å². The Kier molecular flexibility index (Phi) is 12.8. The third-order valence-corrected chi connectivity index (χ3v) is 12.7. The standard InChI is InChI=1S/C38H62N2O4/c1-3-4-8-25-17-27(18-26-11-16-38(39)40-24-26)19-29-13-15-32(28-9-6-5-7-10-28)33-23-36(43)37(44-2)21-30(33)12-14-31(41)22-35(42)34(29)20-25/h25-30,32-34,36-38,40,43H,3-12,14,16-24,39H2,1-2H3/p+1. The molecule has 0 spiro atoms. The molecule has 5 aliphatic rings. The number of hydrogen-bond acceptors (Lipinski definition) is 5. The van der Waals surface area contributed by atoms with Gasteiger partial charge in [0.2, 0.25) is 0 Å². The Labute approximate surface area is 267 Å². The molecule has 5 rings (SSSR count). The molecule has 0 bridgehead atoms. The molecule has 0 amide bonds. The van der Waals surface area contributed by atoms with Crippen molar-refractivity contribution in [2.75, 3.05) is 13.7 Å². The Bertz CT molecular complexity index is 991. The van der Waals surface area contributed by atoms with E-state index in [1.807, 2.05) is 0 Å². The number of aliphatic hydroxyl groups excluding tert-OH is 1. The third-order valence-electron chi connectivity index (χ3n) is 12.7. The summed E-state index contributed by atoms with van der Waals surface area (Å²) in [5.41, 5.74) is 6.21. The van der Waals surface area contributed by atoms with Crippen molar-refractivity contribution in [1.29, 1.82) is 0 Å². The zero-order valence-electron chi connectivity index (χ0n) is 27.9. The molecule has 4 fully saturated rings. The molecular weight excluding hydrogens is 548 g/mol. The lowest BCUT2D eigenvalue weighted by atomic mass is 9.63. The van der Waals surface area contributed by atoms with Gasteiger partial charge >= 0.3 is 0 Å². The number of nitrogens with two attached hydrogens (primary N) is 2. The van der Waals surface area contributed by atoms with E-state index in [4.69, 9.17) is 10.5 Å². The van der Waals surface area contributed by atoms with Gasteiger partial charge in [-0.2, -0.15) is 0 Å². The van der Waals surface area contributed by atoms with Crippen LogP contribution in [0.3, 0.4) is 0 Å². The van der Waals surface area contributed by atoms with E-state index in [0.29, 0.717) is 42.4 Å². The van der Waals surface area contributed by atoms with Crippen molar-refractivity contribution in [3.63, 3.8) is 0 Å². The number of quaternary nitrogens is 1. The second kappa shape index (κ2) is 16.5. The first-order valence-electron chi connectivity index (χ1n) is 18.7. The van der Waals surface area contributed by atoms with Crippen molar-refractivity contribution in [1.82, 2.24) is 0 Å².